The van der Waals surface area contributed by atoms with E-state index in [1.807, 2.05) is 30.3 Å². The molecule has 0 radical (unpaired) electrons. The molecule has 0 heterocycles. The number of aliphatic hydroxyl groups excluding tert-OH is 1. The van der Waals surface area contributed by atoms with Crippen LogP contribution in [0.2, 0.25) is 0 Å². The zero-order chi connectivity index (χ0) is 9.80. The van der Waals surface area contributed by atoms with E-state index in [0.29, 0.717) is 12.6 Å². The molecule has 0 saturated heterocycles. The Kier molecular flexibility index (Phi) is 3.17. The Bertz CT molecular complexity index is 269. The highest BCUT2D eigenvalue weighted by atomic mass is 16.3. The minimum Gasteiger partial charge on any atom is -0.387 e. The normalized spacial score (nSPS) is 18.9. The van der Waals surface area contributed by atoms with E-state index in [0.717, 1.165) is 5.56 Å². The Labute approximate surface area is 85.0 Å². The van der Waals surface area contributed by atoms with Crippen LogP contribution in [0.1, 0.15) is 30.9 Å². The van der Waals surface area contributed by atoms with E-state index in [1.165, 1.54) is 19.3 Å². The monoisotopic (exact) mass is 191 g/mol. The lowest BCUT2D eigenvalue weighted by Gasteiger charge is -2.27. The summed E-state index contributed by atoms with van der Waals surface area (Å²) in [5.41, 5.74) is 0.999. The molecule has 14 heavy (non-hydrogen) atoms. The lowest BCUT2D eigenvalue weighted by Crippen LogP contribution is -2.37. The minimum atomic E-state index is -0.364. The van der Waals surface area contributed by atoms with Gasteiger partial charge in [0, 0.05) is 12.6 Å². The molecule has 0 aromatic heterocycles. The van der Waals surface area contributed by atoms with Gasteiger partial charge in [0.15, 0.2) is 0 Å². The first-order valence-electron chi connectivity index (χ1n) is 5.32. The molecule has 1 aromatic carbocycles. The van der Waals surface area contributed by atoms with Crippen molar-refractivity contribution in [3.63, 3.8) is 0 Å². The molecule has 0 unspecified atom stereocenters. The fraction of sp³-hybridized carbons (Fsp3) is 0.500. The van der Waals surface area contributed by atoms with Gasteiger partial charge in [-0.3, -0.25) is 0 Å². The maximum Gasteiger partial charge on any atom is 0.0914 e. The lowest BCUT2D eigenvalue weighted by molar-refractivity contribution is 0.161. The Balaban J connectivity index is 1.80. The quantitative estimate of drug-likeness (QED) is 0.761. The average molecular weight is 191 g/mol. The molecule has 1 saturated carbocycles. The van der Waals surface area contributed by atoms with Crippen LogP contribution in [0.5, 0.6) is 0 Å². The fourth-order valence-corrected chi connectivity index (χ4v) is 1.68. The van der Waals surface area contributed by atoms with Crippen molar-refractivity contribution < 1.29 is 5.11 Å². The molecular formula is C12H17NO. The van der Waals surface area contributed by atoms with Gasteiger partial charge in [-0.25, -0.2) is 0 Å². The van der Waals surface area contributed by atoms with Crippen LogP contribution in [0, 0.1) is 0 Å². The maximum absolute atomic E-state index is 9.83. The van der Waals surface area contributed by atoms with Crippen molar-refractivity contribution in [3.05, 3.63) is 35.9 Å². The van der Waals surface area contributed by atoms with Crippen LogP contribution in [0.3, 0.4) is 0 Å². The molecular weight excluding hydrogens is 174 g/mol. The minimum absolute atomic E-state index is 0.364. The topological polar surface area (TPSA) is 32.3 Å². The summed E-state index contributed by atoms with van der Waals surface area (Å²) in [6.45, 7) is 0.675. The highest BCUT2D eigenvalue weighted by Gasteiger charge is 2.17. The van der Waals surface area contributed by atoms with Crippen LogP contribution in [0.4, 0.5) is 0 Å². The van der Waals surface area contributed by atoms with Crippen LogP contribution >= 0.6 is 0 Å². The number of aliphatic hydroxyl groups is 1. The predicted octanol–water partition coefficient (Wildman–Crippen LogP) is 1.86. The number of hydrogen-bond donors (Lipinski definition) is 2. The molecule has 1 fully saturated rings. The van der Waals surface area contributed by atoms with Crippen molar-refractivity contribution >= 4 is 0 Å². The third kappa shape index (κ3) is 2.34. The molecule has 2 N–H and O–H groups in total. The van der Waals surface area contributed by atoms with Crippen LogP contribution in [-0.4, -0.2) is 17.7 Å². The molecule has 1 aromatic rings. The van der Waals surface area contributed by atoms with E-state index in [2.05, 4.69) is 5.32 Å². The van der Waals surface area contributed by atoms with E-state index in [4.69, 9.17) is 0 Å². The Morgan fingerprint density at radius 1 is 1.29 bits per heavy atom. The van der Waals surface area contributed by atoms with Gasteiger partial charge in [-0.05, 0) is 18.4 Å². The maximum atomic E-state index is 9.83. The van der Waals surface area contributed by atoms with E-state index in [1.54, 1.807) is 0 Å². The van der Waals surface area contributed by atoms with E-state index in [9.17, 15) is 5.11 Å². The van der Waals surface area contributed by atoms with Gasteiger partial charge in [0.05, 0.1) is 6.10 Å². The highest BCUT2D eigenvalue weighted by molar-refractivity contribution is 5.17. The average Bonchev–Trinajstić information content (AvgIpc) is 2.16. The summed E-state index contributed by atoms with van der Waals surface area (Å²) in [6, 6.07) is 10.5. The second-order valence-electron chi connectivity index (χ2n) is 3.96. The van der Waals surface area contributed by atoms with Crippen molar-refractivity contribution in [1.29, 1.82) is 0 Å². The number of hydrogen-bond acceptors (Lipinski definition) is 2. The van der Waals surface area contributed by atoms with Gasteiger partial charge < -0.3 is 10.4 Å². The van der Waals surface area contributed by atoms with E-state index >= 15 is 0 Å². The molecule has 1 atom stereocenters. The molecule has 1 aliphatic carbocycles. The summed E-state index contributed by atoms with van der Waals surface area (Å²) >= 11 is 0. The second-order valence-corrected chi connectivity index (χ2v) is 3.96. The molecule has 76 valence electrons. The zero-order valence-corrected chi connectivity index (χ0v) is 8.32. The Morgan fingerprint density at radius 3 is 2.57 bits per heavy atom. The Morgan fingerprint density at radius 2 is 2.00 bits per heavy atom. The van der Waals surface area contributed by atoms with Crippen molar-refractivity contribution in [2.75, 3.05) is 6.54 Å². The first kappa shape index (κ1) is 9.69. The lowest BCUT2D eigenvalue weighted by atomic mass is 9.93. The van der Waals surface area contributed by atoms with Crippen LogP contribution in [0.15, 0.2) is 30.3 Å². The third-order valence-electron chi connectivity index (χ3n) is 2.89. The first-order chi connectivity index (χ1) is 6.86. The first-order valence-corrected chi connectivity index (χ1v) is 5.32. The van der Waals surface area contributed by atoms with Crippen molar-refractivity contribution in [2.24, 2.45) is 0 Å². The molecule has 2 nitrogen and oxygen atoms in total. The fourth-order valence-electron chi connectivity index (χ4n) is 1.68. The molecule has 2 heteroatoms. The summed E-state index contributed by atoms with van der Waals surface area (Å²) in [5, 5.41) is 13.2. The third-order valence-corrected chi connectivity index (χ3v) is 2.89. The van der Waals surface area contributed by atoms with Gasteiger partial charge in [0.1, 0.15) is 0 Å². The van der Waals surface area contributed by atoms with Crippen LogP contribution in [0.25, 0.3) is 0 Å². The van der Waals surface area contributed by atoms with Gasteiger partial charge in [-0.15, -0.1) is 0 Å². The van der Waals surface area contributed by atoms with Crippen LogP contribution < -0.4 is 5.32 Å². The van der Waals surface area contributed by atoms with Gasteiger partial charge in [-0.2, -0.15) is 0 Å². The number of nitrogens with one attached hydrogen (secondary N) is 1. The van der Waals surface area contributed by atoms with E-state index in [-0.39, 0.29) is 6.10 Å². The summed E-state index contributed by atoms with van der Waals surface area (Å²) in [6.07, 6.45) is 3.50. The van der Waals surface area contributed by atoms with Crippen molar-refractivity contribution in [1.82, 2.24) is 5.32 Å². The SMILES string of the molecule is O[C@H](CNC1CCC1)c1ccccc1. The second kappa shape index (κ2) is 4.58. The zero-order valence-electron chi connectivity index (χ0n) is 8.32. The number of rotatable bonds is 4. The van der Waals surface area contributed by atoms with Crippen molar-refractivity contribution in [3.8, 4) is 0 Å². The van der Waals surface area contributed by atoms with Gasteiger partial charge in [0.2, 0.25) is 0 Å². The van der Waals surface area contributed by atoms with Gasteiger partial charge >= 0.3 is 0 Å². The molecule has 0 bridgehead atoms. The summed E-state index contributed by atoms with van der Waals surface area (Å²) in [4.78, 5) is 0. The molecule has 2 rings (SSSR count). The Hall–Kier alpha value is -0.860. The standard InChI is InChI=1S/C12H17NO/c14-12(9-13-11-7-4-8-11)10-5-2-1-3-6-10/h1-3,5-6,11-14H,4,7-9H2/t12-/m1/s1. The summed E-state index contributed by atoms with van der Waals surface area (Å²) < 4.78 is 0. The molecule has 1 aliphatic rings. The highest BCUT2D eigenvalue weighted by Crippen LogP contribution is 2.19. The molecule has 0 spiro atoms. The summed E-state index contributed by atoms with van der Waals surface area (Å²) in [7, 11) is 0. The van der Waals surface area contributed by atoms with E-state index < -0.39 is 0 Å². The smallest absolute Gasteiger partial charge is 0.0914 e. The number of benzene rings is 1. The van der Waals surface area contributed by atoms with Gasteiger partial charge in [0.25, 0.3) is 0 Å². The largest absolute Gasteiger partial charge is 0.387 e. The molecule has 0 aliphatic heterocycles. The summed E-state index contributed by atoms with van der Waals surface area (Å²) in [5.74, 6) is 0. The van der Waals surface area contributed by atoms with Gasteiger partial charge in [-0.1, -0.05) is 36.8 Å². The van der Waals surface area contributed by atoms with Crippen LogP contribution in [-0.2, 0) is 0 Å². The predicted molar refractivity (Wildman–Crippen MR) is 57.0 cm³/mol. The van der Waals surface area contributed by atoms with Crippen molar-refractivity contribution in [2.45, 2.75) is 31.4 Å². The molecule has 0 amide bonds.